The molecule has 3 N–H and O–H groups in total. The third-order valence-electron chi connectivity index (χ3n) is 4.51. The molecule has 1 aromatic carbocycles. The molecule has 1 aliphatic rings. The Bertz CT molecular complexity index is 803. The Morgan fingerprint density at radius 3 is 2.88 bits per heavy atom. The van der Waals surface area contributed by atoms with Gasteiger partial charge < -0.3 is 10.1 Å². The largest absolute Gasteiger partial charge is 0.495 e. The number of carbonyl (C=O) groups excluding carboxylic acids is 2. The van der Waals surface area contributed by atoms with Crippen molar-refractivity contribution in [2.75, 3.05) is 19.0 Å². The quantitative estimate of drug-likeness (QED) is 0.704. The van der Waals surface area contributed by atoms with Gasteiger partial charge in [0, 0.05) is 10.3 Å². The van der Waals surface area contributed by atoms with Gasteiger partial charge in [0.2, 0.25) is 0 Å². The molecule has 0 spiro atoms. The second-order valence-electron chi connectivity index (χ2n) is 6.46. The number of benzene rings is 1. The molecular formula is C19H23N3O3S. The van der Waals surface area contributed by atoms with E-state index in [9.17, 15) is 9.59 Å². The fourth-order valence-electron chi connectivity index (χ4n) is 3.07. The molecule has 3 rings (SSSR count). The first-order chi connectivity index (χ1) is 12.6. The Kier molecular flexibility index (Phi) is 5.78. The van der Waals surface area contributed by atoms with E-state index < -0.39 is 0 Å². The first-order valence-corrected chi connectivity index (χ1v) is 9.51. The summed E-state index contributed by atoms with van der Waals surface area (Å²) in [6, 6.07) is 7.34. The lowest BCUT2D eigenvalue weighted by atomic mass is 9.88. The molecule has 0 radical (unpaired) electrons. The highest BCUT2D eigenvalue weighted by atomic mass is 32.1. The fraction of sp³-hybridized carbons (Fsp3) is 0.368. The van der Waals surface area contributed by atoms with E-state index in [0.29, 0.717) is 17.2 Å². The molecular weight excluding hydrogens is 350 g/mol. The molecule has 1 heterocycles. The lowest BCUT2D eigenvalue weighted by Gasteiger charge is -2.18. The number of methoxy groups -OCH3 is 1. The van der Waals surface area contributed by atoms with Crippen molar-refractivity contribution in [2.45, 2.75) is 26.2 Å². The van der Waals surface area contributed by atoms with Crippen LogP contribution in [0.25, 0.3) is 0 Å². The molecule has 0 saturated heterocycles. The third-order valence-corrected chi connectivity index (χ3v) is 5.56. The molecule has 0 saturated carbocycles. The summed E-state index contributed by atoms with van der Waals surface area (Å²) in [5, 5.41) is 4.88. The molecule has 2 amide bonds. The summed E-state index contributed by atoms with van der Waals surface area (Å²) in [6.45, 7) is 2.26. The number of thiophene rings is 1. The van der Waals surface area contributed by atoms with Crippen LogP contribution in [-0.2, 0) is 17.6 Å². The van der Waals surface area contributed by atoms with Crippen LogP contribution < -0.4 is 20.9 Å². The molecule has 26 heavy (non-hydrogen) atoms. The van der Waals surface area contributed by atoms with Crippen molar-refractivity contribution in [1.82, 2.24) is 10.9 Å². The van der Waals surface area contributed by atoms with Crippen molar-refractivity contribution in [2.24, 2.45) is 5.92 Å². The number of ether oxygens (including phenoxy) is 1. The molecule has 0 bridgehead atoms. The SMILES string of the molecule is COc1ccccc1NCC(=O)NNC(=O)c1csc2c1CCC(C)C2. The summed E-state index contributed by atoms with van der Waals surface area (Å²) in [5.41, 5.74) is 7.49. The van der Waals surface area contributed by atoms with Crippen LogP contribution >= 0.6 is 11.3 Å². The molecule has 0 aliphatic heterocycles. The van der Waals surface area contributed by atoms with Gasteiger partial charge in [0.05, 0.1) is 24.9 Å². The number of fused-ring (bicyclic) bond motifs is 1. The van der Waals surface area contributed by atoms with E-state index in [1.54, 1.807) is 18.4 Å². The summed E-state index contributed by atoms with van der Waals surface area (Å²) in [5.74, 6) is 0.728. The number of anilines is 1. The van der Waals surface area contributed by atoms with E-state index in [0.717, 1.165) is 30.5 Å². The lowest BCUT2D eigenvalue weighted by Crippen LogP contribution is -2.44. The van der Waals surface area contributed by atoms with E-state index in [2.05, 4.69) is 23.1 Å². The first kappa shape index (κ1) is 18.3. The Hall–Kier alpha value is -2.54. The molecule has 1 atom stereocenters. The number of hydrogen-bond acceptors (Lipinski definition) is 5. The average Bonchev–Trinajstić information content (AvgIpc) is 3.07. The molecule has 138 valence electrons. The Morgan fingerprint density at radius 2 is 2.08 bits per heavy atom. The number of para-hydroxylation sites is 2. The smallest absolute Gasteiger partial charge is 0.270 e. The maximum Gasteiger partial charge on any atom is 0.270 e. The number of carbonyl (C=O) groups is 2. The van der Waals surface area contributed by atoms with Gasteiger partial charge in [-0.05, 0) is 42.9 Å². The number of nitrogens with one attached hydrogen (secondary N) is 3. The Morgan fingerprint density at radius 1 is 1.27 bits per heavy atom. The second kappa shape index (κ2) is 8.23. The summed E-state index contributed by atoms with van der Waals surface area (Å²) in [4.78, 5) is 25.7. The van der Waals surface area contributed by atoms with Crippen LogP contribution in [0.1, 0.15) is 34.1 Å². The van der Waals surface area contributed by atoms with E-state index in [1.807, 2.05) is 29.6 Å². The van der Waals surface area contributed by atoms with E-state index >= 15 is 0 Å². The molecule has 1 aromatic heterocycles. The van der Waals surface area contributed by atoms with Crippen LogP contribution in [0.5, 0.6) is 5.75 Å². The van der Waals surface area contributed by atoms with Gasteiger partial charge in [0.1, 0.15) is 5.75 Å². The standard InChI is InChI=1S/C19H23N3O3S/c1-12-7-8-13-14(11-26-17(13)9-12)19(24)22-21-18(23)10-20-15-5-3-4-6-16(15)25-2/h3-6,11-12,20H,7-10H2,1-2H3,(H,21,23)(H,22,24). The number of rotatable bonds is 5. The normalized spacial score (nSPS) is 15.7. The van der Waals surface area contributed by atoms with Crippen molar-refractivity contribution < 1.29 is 14.3 Å². The van der Waals surface area contributed by atoms with Gasteiger partial charge in [-0.25, -0.2) is 0 Å². The van der Waals surface area contributed by atoms with Gasteiger partial charge in [0.25, 0.3) is 11.8 Å². The maximum absolute atomic E-state index is 12.4. The lowest BCUT2D eigenvalue weighted by molar-refractivity contribution is -0.120. The van der Waals surface area contributed by atoms with Gasteiger partial charge in [-0.2, -0.15) is 0 Å². The van der Waals surface area contributed by atoms with Crippen molar-refractivity contribution in [3.63, 3.8) is 0 Å². The highest BCUT2D eigenvalue weighted by Gasteiger charge is 2.23. The Balaban J connectivity index is 1.51. The number of hydrogen-bond donors (Lipinski definition) is 3. The van der Waals surface area contributed by atoms with Crippen LogP contribution in [0, 0.1) is 5.92 Å². The molecule has 1 aliphatic carbocycles. The van der Waals surface area contributed by atoms with Gasteiger partial charge in [0.15, 0.2) is 0 Å². The highest BCUT2D eigenvalue weighted by Crippen LogP contribution is 2.32. The van der Waals surface area contributed by atoms with Crippen LogP contribution in [0.4, 0.5) is 5.69 Å². The monoisotopic (exact) mass is 373 g/mol. The Labute approximate surface area is 156 Å². The molecule has 1 unspecified atom stereocenters. The minimum atomic E-state index is -0.332. The van der Waals surface area contributed by atoms with Crippen molar-refractivity contribution >= 4 is 28.8 Å². The topological polar surface area (TPSA) is 79.5 Å². The minimum Gasteiger partial charge on any atom is -0.495 e. The fourth-order valence-corrected chi connectivity index (χ4v) is 4.32. The van der Waals surface area contributed by atoms with Crippen molar-refractivity contribution in [1.29, 1.82) is 0 Å². The molecule has 6 nitrogen and oxygen atoms in total. The summed E-state index contributed by atoms with van der Waals surface area (Å²) in [6.07, 6.45) is 3.05. The zero-order valence-corrected chi connectivity index (χ0v) is 15.7. The van der Waals surface area contributed by atoms with Crippen molar-refractivity contribution in [3.05, 3.63) is 45.6 Å². The second-order valence-corrected chi connectivity index (χ2v) is 7.42. The van der Waals surface area contributed by atoms with Crippen LogP contribution in [-0.4, -0.2) is 25.5 Å². The van der Waals surface area contributed by atoms with Crippen LogP contribution in [0.15, 0.2) is 29.6 Å². The zero-order chi connectivity index (χ0) is 18.5. The minimum absolute atomic E-state index is 0.0277. The highest BCUT2D eigenvalue weighted by molar-refractivity contribution is 7.10. The first-order valence-electron chi connectivity index (χ1n) is 8.63. The maximum atomic E-state index is 12.4. The van der Waals surface area contributed by atoms with Crippen LogP contribution in [0.3, 0.4) is 0 Å². The van der Waals surface area contributed by atoms with E-state index in [4.69, 9.17) is 4.74 Å². The summed E-state index contributed by atoms with van der Waals surface area (Å²) >= 11 is 1.63. The zero-order valence-electron chi connectivity index (χ0n) is 14.9. The van der Waals surface area contributed by atoms with Gasteiger partial charge in [-0.3, -0.25) is 20.4 Å². The van der Waals surface area contributed by atoms with Gasteiger partial charge >= 0.3 is 0 Å². The molecule has 2 aromatic rings. The third kappa shape index (κ3) is 4.16. The van der Waals surface area contributed by atoms with E-state index in [-0.39, 0.29) is 18.4 Å². The molecule has 7 heteroatoms. The summed E-state index contributed by atoms with van der Waals surface area (Å²) < 4.78 is 5.22. The average molecular weight is 373 g/mol. The number of amides is 2. The van der Waals surface area contributed by atoms with Gasteiger partial charge in [-0.15, -0.1) is 11.3 Å². The predicted octanol–water partition coefficient (Wildman–Crippen LogP) is 2.75. The predicted molar refractivity (Wildman–Crippen MR) is 103 cm³/mol. The number of hydrazine groups is 1. The molecule has 0 fully saturated rings. The summed E-state index contributed by atoms with van der Waals surface area (Å²) in [7, 11) is 1.57. The van der Waals surface area contributed by atoms with Crippen molar-refractivity contribution in [3.8, 4) is 5.75 Å². The van der Waals surface area contributed by atoms with Gasteiger partial charge in [-0.1, -0.05) is 19.1 Å². The van der Waals surface area contributed by atoms with Crippen LogP contribution in [0.2, 0.25) is 0 Å². The van der Waals surface area contributed by atoms with E-state index in [1.165, 1.54) is 4.88 Å².